The highest BCUT2D eigenvalue weighted by Gasteiger charge is 2.40. The number of ether oxygens (including phenoxy) is 1. The lowest BCUT2D eigenvalue weighted by atomic mass is 9.97. The molecule has 0 unspecified atom stereocenters. The van der Waals surface area contributed by atoms with Gasteiger partial charge in [-0.2, -0.15) is 0 Å². The minimum Gasteiger partial charge on any atom is -0.502 e. The van der Waals surface area contributed by atoms with Crippen molar-refractivity contribution >= 4 is 40.0 Å². The van der Waals surface area contributed by atoms with E-state index in [0.29, 0.717) is 35.6 Å². The lowest BCUT2D eigenvalue weighted by Crippen LogP contribution is -2.33. The summed E-state index contributed by atoms with van der Waals surface area (Å²) in [6.07, 6.45) is 0. The molecule has 4 rings (SSSR count). The van der Waals surface area contributed by atoms with Crippen LogP contribution in [0.15, 0.2) is 4.42 Å². The molecule has 0 fully saturated rings. The molecule has 2 heterocycles. The van der Waals surface area contributed by atoms with Gasteiger partial charge in [0.25, 0.3) is 11.8 Å². The summed E-state index contributed by atoms with van der Waals surface area (Å²) >= 11 is 0. The van der Waals surface area contributed by atoms with Gasteiger partial charge in [0.15, 0.2) is 23.0 Å². The minimum absolute atomic E-state index is 0.00367. The van der Waals surface area contributed by atoms with E-state index in [9.17, 15) is 24.8 Å². The minimum atomic E-state index is -0.784. The smallest absolute Gasteiger partial charge is 0.326 e. The fraction of sp³-hybridized carbons (Fsp3) is 0.423. The average Bonchev–Trinajstić information content (AvgIpc) is 3.27. The molecule has 0 aliphatic carbocycles. The number of phenols is 1. The first-order valence-electron chi connectivity index (χ1n) is 12.5. The number of nitrogens with zero attached hydrogens (tertiary/aromatic N) is 4. The number of carbonyl (C=O) groups excluding carboxylic acids is 2. The van der Waals surface area contributed by atoms with Crippen LogP contribution < -0.4 is 10.1 Å². The van der Waals surface area contributed by atoms with Crippen LogP contribution in [-0.2, 0) is 0 Å². The molecule has 0 spiro atoms. The van der Waals surface area contributed by atoms with Crippen LogP contribution in [0.2, 0.25) is 0 Å². The van der Waals surface area contributed by atoms with Crippen molar-refractivity contribution in [2.45, 2.75) is 48.5 Å². The van der Waals surface area contributed by atoms with E-state index < -0.39 is 22.3 Å². The summed E-state index contributed by atoms with van der Waals surface area (Å²) in [5.74, 6) is -1.02. The maximum Gasteiger partial charge on any atom is 0.326 e. The number of nitro groups is 1. The lowest BCUT2D eigenvalue weighted by Gasteiger charge is -2.30. The van der Waals surface area contributed by atoms with Gasteiger partial charge in [0.1, 0.15) is 16.8 Å². The number of hydrogen-bond acceptors (Lipinski definition) is 9. The molecule has 1 aromatic heterocycles. The molecule has 1 aliphatic rings. The van der Waals surface area contributed by atoms with E-state index in [1.165, 1.54) is 11.8 Å². The number of carbonyl (C=O) groups is 2. The fourth-order valence-corrected chi connectivity index (χ4v) is 4.85. The normalized spacial score (nSPS) is 11.9. The molecule has 12 heteroatoms. The number of aromatic nitrogens is 1. The van der Waals surface area contributed by atoms with Crippen LogP contribution in [0.5, 0.6) is 17.2 Å². The number of phenolic OH excluding ortho intramolecular Hbond substituents is 1. The molecule has 2 amide bonds. The van der Waals surface area contributed by atoms with E-state index >= 15 is 0 Å². The first-order chi connectivity index (χ1) is 18.0. The SMILES string of the molecule is CCN(CC)C(=O)c1c2c(c(C)c(O)c1[N+](=O)[O-])Oc1c(c(C(=O)N(CC)CC)c3nc(C)oc3c1C)N2. The molecule has 0 radical (unpaired) electrons. The maximum atomic E-state index is 13.8. The Labute approximate surface area is 219 Å². The number of aryl methyl sites for hydroxylation is 2. The van der Waals surface area contributed by atoms with Crippen molar-refractivity contribution in [3.8, 4) is 17.2 Å². The number of fused-ring (bicyclic) bond motifs is 3. The highest BCUT2D eigenvalue weighted by molar-refractivity contribution is 6.15. The Morgan fingerprint density at radius 2 is 1.42 bits per heavy atom. The second-order valence-corrected chi connectivity index (χ2v) is 8.96. The Balaban J connectivity index is 2.10. The van der Waals surface area contributed by atoms with Crippen molar-refractivity contribution in [3.63, 3.8) is 0 Å². The molecule has 2 N–H and O–H groups in total. The van der Waals surface area contributed by atoms with Gasteiger partial charge in [-0.15, -0.1) is 0 Å². The van der Waals surface area contributed by atoms with Crippen molar-refractivity contribution < 1.29 is 28.8 Å². The summed E-state index contributed by atoms with van der Waals surface area (Å²) < 4.78 is 12.1. The Kier molecular flexibility index (Phi) is 6.92. The fourth-order valence-electron chi connectivity index (χ4n) is 4.85. The van der Waals surface area contributed by atoms with Crippen LogP contribution in [0, 0.1) is 30.9 Å². The third kappa shape index (κ3) is 3.87. The first kappa shape index (κ1) is 26.7. The summed E-state index contributed by atoms with van der Waals surface area (Å²) in [4.78, 5) is 46.2. The second kappa shape index (κ2) is 9.84. The maximum absolute atomic E-state index is 13.8. The van der Waals surface area contributed by atoms with Crippen molar-refractivity contribution in [2.75, 3.05) is 31.5 Å². The molecular weight excluding hydrogens is 494 g/mol. The van der Waals surface area contributed by atoms with E-state index in [1.54, 1.807) is 32.6 Å². The highest BCUT2D eigenvalue weighted by Crippen LogP contribution is 2.55. The monoisotopic (exact) mass is 525 g/mol. The number of rotatable bonds is 7. The molecule has 2 aromatic carbocycles. The number of anilines is 2. The Hall–Kier alpha value is -4.35. The van der Waals surface area contributed by atoms with Gasteiger partial charge in [-0.1, -0.05) is 0 Å². The summed E-state index contributed by atoms with van der Waals surface area (Å²) in [5, 5.41) is 26.1. The van der Waals surface area contributed by atoms with E-state index in [2.05, 4.69) is 10.3 Å². The number of aromatic hydroxyl groups is 1. The van der Waals surface area contributed by atoms with E-state index in [4.69, 9.17) is 9.15 Å². The Bertz CT molecular complexity index is 1490. The highest BCUT2D eigenvalue weighted by atomic mass is 16.6. The van der Waals surface area contributed by atoms with Crippen LogP contribution in [0.1, 0.15) is 65.4 Å². The van der Waals surface area contributed by atoms with Crippen LogP contribution in [0.3, 0.4) is 0 Å². The molecule has 38 heavy (non-hydrogen) atoms. The molecule has 202 valence electrons. The second-order valence-electron chi connectivity index (χ2n) is 8.96. The van der Waals surface area contributed by atoms with Gasteiger partial charge in [-0.3, -0.25) is 19.7 Å². The summed E-state index contributed by atoms with van der Waals surface area (Å²) in [6, 6.07) is 0. The molecule has 0 atom stereocenters. The van der Waals surface area contributed by atoms with E-state index in [0.717, 1.165) is 0 Å². The zero-order valence-corrected chi connectivity index (χ0v) is 22.5. The molecule has 0 bridgehead atoms. The van der Waals surface area contributed by atoms with Crippen molar-refractivity contribution in [2.24, 2.45) is 0 Å². The topological polar surface area (TPSA) is 151 Å². The van der Waals surface area contributed by atoms with Gasteiger partial charge in [0.2, 0.25) is 5.75 Å². The molecule has 3 aromatic rings. The van der Waals surface area contributed by atoms with Gasteiger partial charge in [-0.05, 0) is 41.5 Å². The molecule has 0 saturated carbocycles. The zero-order chi connectivity index (χ0) is 28.0. The predicted octanol–water partition coefficient (Wildman–Crippen LogP) is 5.18. The van der Waals surface area contributed by atoms with Gasteiger partial charge in [0.05, 0.1) is 16.2 Å². The quantitative estimate of drug-likeness (QED) is 0.189. The third-order valence-corrected chi connectivity index (χ3v) is 6.93. The van der Waals surface area contributed by atoms with Crippen molar-refractivity contribution in [3.05, 3.63) is 38.3 Å². The number of oxazole rings is 1. The lowest BCUT2D eigenvalue weighted by molar-refractivity contribution is -0.386. The van der Waals surface area contributed by atoms with Crippen LogP contribution in [0.25, 0.3) is 11.1 Å². The predicted molar refractivity (Wildman–Crippen MR) is 141 cm³/mol. The number of nitrogens with one attached hydrogen (secondary N) is 1. The van der Waals surface area contributed by atoms with Crippen LogP contribution in [0.4, 0.5) is 17.1 Å². The molecule has 1 aliphatic heterocycles. The van der Waals surface area contributed by atoms with Crippen LogP contribution >= 0.6 is 0 Å². The zero-order valence-electron chi connectivity index (χ0n) is 22.5. The third-order valence-electron chi connectivity index (χ3n) is 6.93. The molecule has 0 saturated heterocycles. The van der Waals surface area contributed by atoms with Crippen molar-refractivity contribution in [1.82, 2.24) is 14.8 Å². The number of nitro benzene ring substituents is 1. The Morgan fingerprint density at radius 1 is 0.921 bits per heavy atom. The summed E-state index contributed by atoms with van der Waals surface area (Å²) in [7, 11) is 0. The summed E-state index contributed by atoms with van der Waals surface area (Å²) in [6.45, 7) is 13.5. The van der Waals surface area contributed by atoms with Gasteiger partial charge in [0, 0.05) is 44.2 Å². The Morgan fingerprint density at radius 3 is 1.95 bits per heavy atom. The summed E-state index contributed by atoms with van der Waals surface area (Å²) in [5.41, 5.74) is 0.611. The molecule has 12 nitrogen and oxygen atoms in total. The molecular formula is C26H31N5O7. The first-order valence-corrected chi connectivity index (χ1v) is 12.5. The van der Waals surface area contributed by atoms with E-state index in [-0.39, 0.29) is 58.6 Å². The standard InChI is InChI=1S/C26H31N5O7/c1-8-29(9-2)25(33)15-17-23(37-14(7)27-17)13(6)24-18(15)28-19-16(26(34)30(10-3)11-4)20(31(35)36)21(32)12(5)22(19)38-24/h28,32H,8-11H2,1-7H3. The number of hydrogen-bond donors (Lipinski definition) is 2. The van der Waals surface area contributed by atoms with E-state index in [1.807, 2.05) is 13.8 Å². The average molecular weight is 526 g/mol. The van der Waals surface area contributed by atoms with Gasteiger partial charge in [-0.25, -0.2) is 4.98 Å². The van der Waals surface area contributed by atoms with Gasteiger partial charge >= 0.3 is 5.69 Å². The number of amides is 2. The van der Waals surface area contributed by atoms with Gasteiger partial charge < -0.3 is 29.4 Å². The number of benzene rings is 2. The van der Waals surface area contributed by atoms with Crippen molar-refractivity contribution in [1.29, 1.82) is 0 Å². The largest absolute Gasteiger partial charge is 0.502 e. The van der Waals surface area contributed by atoms with Crippen LogP contribution in [-0.4, -0.2) is 62.8 Å².